The van der Waals surface area contributed by atoms with Crippen LogP contribution in [0.1, 0.15) is 25.3 Å². The Hall–Kier alpha value is -2.93. The maximum absolute atomic E-state index is 13.2. The van der Waals surface area contributed by atoms with Crippen molar-refractivity contribution in [3.05, 3.63) is 60.2 Å². The number of anilines is 1. The van der Waals surface area contributed by atoms with E-state index in [2.05, 4.69) is 5.32 Å². The van der Waals surface area contributed by atoms with Gasteiger partial charge in [0.15, 0.2) is 5.11 Å². The lowest BCUT2D eigenvalue weighted by Gasteiger charge is -2.29. The standard InChI is InChI=1S/C23H27N3O3S/c1-3-15-29-19-11-9-18(10-12-19)26-21(27)16-20(22(26)28)25(23(30)24-2)14-13-17-7-5-4-6-8-17/h4-12,20H,3,13-16H2,1-2H3,(H,24,30). The molecule has 1 aliphatic heterocycles. The number of hydrogen-bond acceptors (Lipinski definition) is 4. The number of nitrogens with zero attached hydrogens (tertiary/aromatic N) is 2. The van der Waals surface area contributed by atoms with Crippen LogP contribution in [0.15, 0.2) is 54.6 Å². The van der Waals surface area contributed by atoms with Gasteiger partial charge in [-0.2, -0.15) is 0 Å². The predicted octanol–water partition coefficient (Wildman–Crippen LogP) is 3.16. The van der Waals surface area contributed by atoms with E-state index in [1.54, 1.807) is 31.3 Å². The lowest BCUT2D eigenvalue weighted by molar-refractivity contribution is -0.122. The number of hydrogen-bond donors (Lipinski definition) is 1. The van der Waals surface area contributed by atoms with Crippen molar-refractivity contribution in [2.75, 3.05) is 25.1 Å². The molecule has 1 heterocycles. The van der Waals surface area contributed by atoms with E-state index in [1.165, 1.54) is 4.90 Å². The fraction of sp³-hybridized carbons (Fsp3) is 0.348. The molecule has 2 amide bonds. The molecular formula is C23H27N3O3S. The molecule has 0 saturated carbocycles. The fourth-order valence-corrected chi connectivity index (χ4v) is 3.70. The molecular weight excluding hydrogens is 398 g/mol. The monoisotopic (exact) mass is 425 g/mol. The van der Waals surface area contributed by atoms with Gasteiger partial charge >= 0.3 is 0 Å². The van der Waals surface area contributed by atoms with Crippen molar-refractivity contribution < 1.29 is 14.3 Å². The number of carbonyl (C=O) groups excluding carboxylic acids is 2. The van der Waals surface area contributed by atoms with Gasteiger partial charge in [-0.3, -0.25) is 9.59 Å². The SMILES string of the molecule is CCCOc1ccc(N2C(=O)CC(N(CCc3ccccc3)C(=S)NC)C2=O)cc1. The van der Waals surface area contributed by atoms with Gasteiger partial charge in [0, 0.05) is 13.6 Å². The van der Waals surface area contributed by atoms with Crippen LogP contribution >= 0.6 is 12.2 Å². The average Bonchev–Trinajstić information content (AvgIpc) is 3.07. The van der Waals surface area contributed by atoms with Gasteiger partial charge in [0.2, 0.25) is 5.91 Å². The second-order valence-corrected chi connectivity index (χ2v) is 7.50. The molecule has 0 aromatic heterocycles. The van der Waals surface area contributed by atoms with Crippen molar-refractivity contribution in [3.63, 3.8) is 0 Å². The summed E-state index contributed by atoms with van der Waals surface area (Å²) in [6.07, 6.45) is 1.74. The minimum Gasteiger partial charge on any atom is -0.494 e. The van der Waals surface area contributed by atoms with E-state index >= 15 is 0 Å². The van der Waals surface area contributed by atoms with Crippen molar-refractivity contribution in [1.82, 2.24) is 10.2 Å². The van der Waals surface area contributed by atoms with Crippen LogP contribution in [0.3, 0.4) is 0 Å². The number of thiocarbonyl (C=S) groups is 1. The maximum Gasteiger partial charge on any atom is 0.257 e. The number of benzene rings is 2. The van der Waals surface area contributed by atoms with Crippen LogP contribution in [0.25, 0.3) is 0 Å². The molecule has 7 heteroatoms. The zero-order chi connectivity index (χ0) is 21.5. The molecule has 6 nitrogen and oxygen atoms in total. The largest absolute Gasteiger partial charge is 0.494 e. The van der Waals surface area contributed by atoms with Crippen LogP contribution in [0, 0.1) is 0 Å². The average molecular weight is 426 g/mol. The highest BCUT2D eigenvalue weighted by Crippen LogP contribution is 2.27. The number of imide groups is 1. The Kier molecular flexibility index (Phi) is 7.41. The molecule has 1 unspecified atom stereocenters. The van der Waals surface area contributed by atoms with Crippen LogP contribution in [-0.4, -0.2) is 48.1 Å². The molecule has 0 radical (unpaired) electrons. The Bertz CT molecular complexity index is 886. The van der Waals surface area contributed by atoms with Gasteiger partial charge in [-0.1, -0.05) is 37.3 Å². The highest BCUT2D eigenvalue weighted by Gasteiger charge is 2.43. The first kappa shape index (κ1) is 21.8. The van der Waals surface area contributed by atoms with E-state index in [0.717, 1.165) is 24.2 Å². The summed E-state index contributed by atoms with van der Waals surface area (Å²) < 4.78 is 5.58. The topological polar surface area (TPSA) is 61.9 Å². The third-order valence-corrected chi connectivity index (χ3v) is 5.46. The van der Waals surface area contributed by atoms with Crippen molar-refractivity contribution in [1.29, 1.82) is 0 Å². The van der Waals surface area contributed by atoms with E-state index in [4.69, 9.17) is 17.0 Å². The first-order valence-electron chi connectivity index (χ1n) is 10.2. The summed E-state index contributed by atoms with van der Waals surface area (Å²) in [5.74, 6) is 0.237. The lowest BCUT2D eigenvalue weighted by atomic mass is 10.1. The number of rotatable bonds is 8. The van der Waals surface area contributed by atoms with Gasteiger partial charge in [0.1, 0.15) is 11.8 Å². The van der Waals surface area contributed by atoms with Crippen LogP contribution in [0.4, 0.5) is 5.69 Å². The Morgan fingerprint density at radius 1 is 1.17 bits per heavy atom. The van der Waals surface area contributed by atoms with Crippen LogP contribution in [0.5, 0.6) is 5.75 Å². The molecule has 3 rings (SSSR count). The van der Waals surface area contributed by atoms with Crippen molar-refractivity contribution in [2.45, 2.75) is 32.2 Å². The number of ether oxygens (including phenoxy) is 1. The molecule has 158 valence electrons. The summed E-state index contributed by atoms with van der Waals surface area (Å²) in [5, 5.41) is 3.41. The molecule has 0 spiro atoms. The number of carbonyl (C=O) groups is 2. The molecule has 2 aromatic carbocycles. The Morgan fingerprint density at radius 3 is 2.50 bits per heavy atom. The molecule has 1 aliphatic rings. The van der Waals surface area contributed by atoms with E-state index < -0.39 is 6.04 Å². The Balaban J connectivity index is 1.75. The van der Waals surface area contributed by atoms with Gasteiger partial charge in [0.05, 0.1) is 18.7 Å². The van der Waals surface area contributed by atoms with Crippen molar-refractivity contribution >= 4 is 34.8 Å². The third kappa shape index (κ3) is 4.97. The minimum atomic E-state index is -0.614. The Labute approximate surface area is 182 Å². The van der Waals surface area contributed by atoms with Gasteiger partial charge in [-0.15, -0.1) is 0 Å². The third-order valence-electron chi connectivity index (χ3n) is 5.03. The van der Waals surface area contributed by atoms with Crippen LogP contribution in [-0.2, 0) is 16.0 Å². The normalized spacial score (nSPS) is 15.9. The van der Waals surface area contributed by atoms with Crippen molar-refractivity contribution in [3.8, 4) is 5.75 Å². The van der Waals surface area contributed by atoms with Gasteiger partial charge in [-0.25, -0.2) is 4.90 Å². The smallest absolute Gasteiger partial charge is 0.257 e. The molecule has 0 aliphatic carbocycles. The molecule has 2 aromatic rings. The highest BCUT2D eigenvalue weighted by atomic mass is 32.1. The van der Waals surface area contributed by atoms with E-state index in [1.807, 2.05) is 42.2 Å². The summed E-state index contributed by atoms with van der Waals surface area (Å²) in [5.41, 5.74) is 1.70. The lowest BCUT2D eigenvalue weighted by Crippen LogP contribution is -2.49. The summed E-state index contributed by atoms with van der Waals surface area (Å²) in [6.45, 7) is 3.21. The van der Waals surface area contributed by atoms with Crippen LogP contribution in [0.2, 0.25) is 0 Å². The predicted molar refractivity (Wildman–Crippen MR) is 122 cm³/mol. The minimum absolute atomic E-state index is 0.101. The molecule has 1 fully saturated rings. The van der Waals surface area contributed by atoms with Gasteiger partial charge in [-0.05, 0) is 54.9 Å². The number of nitrogens with one attached hydrogen (secondary N) is 1. The second kappa shape index (κ2) is 10.2. The first-order valence-corrected chi connectivity index (χ1v) is 10.6. The Morgan fingerprint density at radius 2 is 1.87 bits per heavy atom. The summed E-state index contributed by atoms with van der Waals surface area (Å²) >= 11 is 5.45. The first-order chi connectivity index (χ1) is 14.5. The fourth-order valence-electron chi connectivity index (χ4n) is 3.48. The molecule has 30 heavy (non-hydrogen) atoms. The van der Waals surface area contributed by atoms with E-state index in [0.29, 0.717) is 24.0 Å². The molecule has 1 saturated heterocycles. The quantitative estimate of drug-likeness (QED) is 0.518. The van der Waals surface area contributed by atoms with E-state index in [9.17, 15) is 9.59 Å². The maximum atomic E-state index is 13.2. The van der Waals surface area contributed by atoms with Crippen LogP contribution < -0.4 is 15.0 Å². The molecule has 1 N–H and O–H groups in total. The van der Waals surface area contributed by atoms with Gasteiger partial charge < -0.3 is 15.0 Å². The zero-order valence-electron chi connectivity index (χ0n) is 17.3. The number of amides is 2. The highest BCUT2D eigenvalue weighted by molar-refractivity contribution is 7.80. The van der Waals surface area contributed by atoms with Gasteiger partial charge in [0.25, 0.3) is 5.91 Å². The molecule has 1 atom stereocenters. The summed E-state index contributed by atoms with van der Waals surface area (Å²) in [6, 6.07) is 16.4. The second-order valence-electron chi connectivity index (χ2n) is 7.11. The summed E-state index contributed by atoms with van der Waals surface area (Å²) in [4.78, 5) is 29.0. The van der Waals surface area contributed by atoms with Crippen molar-refractivity contribution in [2.24, 2.45) is 0 Å². The zero-order valence-corrected chi connectivity index (χ0v) is 18.2. The van der Waals surface area contributed by atoms with E-state index in [-0.39, 0.29) is 18.2 Å². The molecule has 0 bridgehead atoms. The summed E-state index contributed by atoms with van der Waals surface area (Å²) in [7, 11) is 1.73.